The molecule has 4 nitrogen and oxygen atoms in total. The normalized spacial score (nSPS) is 18.7. The van der Waals surface area contributed by atoms with E-state index in [-0.39, 0.29) is 0 Å². The number of hydrogen-bond acceptors (Lipinski definition) is 4. The molecule has 1 heterocycles. The maximum Gasteiger partial charge on any atom is 0.338 e. The van der Waals surface area contributed by atoms with Crippen LogP contribution in [0.15, 0.2) is 72.0 Å². The predicted octanol–water partition coefficient (Wildman–Crippen LogP) is 6.28. The highest BCUT2D eigenvalue weighted by Gasteiger charge is 2.59. The van der Waals surface area contributed by atoms with Gasteiger partial charge >= 0.3 is 7.60 Å². The van der Waals surface area contributed by atoms with Crippen LogP contribution >= 0.6 is 7.60 Å². The zero-order chi connectivity index (χ0) is 20.2. The first-order valence-electron chi connectivity index (χ1n) is 9.83. The molecular weight excluding hydrogens is 371 g/mol. The minimum Gasteiger partial charge on any atom is -0.481 e. The molecule has 1 aliphatic heterocycles. The largest absolute Gasteiger partial charge is 0.481 e. The van der Waals surface area contributed by atoms with Crippen LogP contribution in [-0.2, 0) is 24.0 Å². The lowest BCUT2D eigenvalue weighted by molar-refractivity contribution is 0.0676. The average Bonchev–Trinajstić information content (AvgIpc) is 3.13. The molecule has 0 bridgehead atoms. The van der Waals surface area contributed by atoms with Crippen molar-refractivity contribution in [3.05, 3.63) is 83.1 Å². The zero-order valence-electron chi connectivity index (χ0n) is 17.1. The smallest absolute Gasteiger partial charge is 0.338 e. The van der Waals surface area contributed by atoms with Crippen LogP contribution in [0.3, 0.4) is 0 Å². The van der Waals surface area contributed by atoms with E-state index in [1.165, 1.54) is 0 Å². The van der Waals surface area contributed by atoms with Gasteiger partial charge in [0.15, 0.2) is 5.60 Å². The third-order valence-electron chi connectivity index (χ3n) is 5.09. The Morgan fingerprint density at radius 2 is 1.43 bits per heavy atom. The van der Waals surface area contributed by atoms with E-state index in [1.807, 2.05) is 88.4 Å². The molecular formula is C23H29O4P. The molecule has 3 rings (SSSR count). The van der Waals surface area contributed by atoms with Crippen LogP contribution in [0.5, 0.6) is 0 Å². The van der Waals surface area contributed by atoms with Gasteiger partial charge in [0.25, 0.3) is 0 Å². The number of benzene rings is 2. The van der Waals surface area contributed by atoms with Gasteiger partial charge in [-0.3, -0.25) is 4.57 Å². The summed E-state index contributed by atoms with van der Waals surface area (Å²) in [5.74, 6) is 0.845. The molecule has 0 amide bonds. The summed E-state index contributed by atoms with van der Waals surface area (Å²) in [4.78, 5) is 0. The van der Waals surface area contributed by atoms with E-state index in [0.29, 0.717) is 19.6 Å². The number of ether oxygens (including phenoxy) is 1. The Morgan fingerprint density at radius 3 is 1.82 bits per heavy atom. The Labute approximate surface area is 168 Å². The van der Waals surface area contributed by atoms with Gasteiger partial charge in [-0.25, -0.2) is 0 Å². The SMILES string of the molecule is CCOP(=O)(OCC)C1CC(=C(C)C)OC1(c1ccccc1)c1ccccc1. The fourth-order valence-corrected chi connectivity index (χ4v) is 6.22. The highest BCUT2D eigenvalue weighted by atomic mass is 31.2. The van der Waals surface area contributed by atoms with Gasteiger partial charge in [0.2, 0.25) is 0 Å². The monoisotopic (exact) mass is 400 g/mol. The summed E-state index contributed by atoms with van der Waals surface area (Å²) >= 11 is 0. The third kappa shape index (κ3) is 3.69. The summed E-state index contributed by atoms with van der Waals surface area (Å²) in [6.45, 7) is 8.36. The summed E-state index contributed by atoms with van der Waals surface area (Å²) in [7, 11) is -3.46. The molecule has 1 fully saturated rings. The lowest BCUT2D eigenvalue weighted by Crippen LogP contribution is -2.38. The second kappa shape index (κ2) is 8.65. The number of allylic oxidation sites excluding steroid dienone is 2. The fraction of sp³-hybridized carbons (Fsp3) is 0.391. The molecule has 1 unspecified atom stereocenters. The Balaban J connectivity index is 2.30. The van der Waals surface area contributed by atoms with Crippen molar-refractivity contribution in [2.45, 2.75) is 45.4 Å². The van der Waals surface area contributed by atoms with Crippen LogP contribution in [0.1, 0.15) is 45.2 Å². The highest BCUT2D eigenvalue weighted by molar-refractivity contribution is 7.54. The lowest BCUT2D eigenvalue weighted by Gasteiger charge is -2.37. The van der Waals surface area contributed by atoms with Crippen molar-refractivity contribution in [1.29, 1.82) is 0 Å². The molecule has 5 heteroatoms. The van der Waals surface area contributed by atoms with Gasteiger partial charge in [0.1, 0.15) is 5.66 Å². The van der Waals surface area contributed by atoms with E-state index in [0.717, 1.165) is 22.5 Å². The molecule has 1 saturated heterocycles. The van der Waals surface area contributed by atoms with E-state index in [2.05, 4.69) is 0 Å². The fourth-order valence-electron chi connectivity index (χ4n) is 3.88. The van der Waals surface area contributed by atoms with E-state index < -0.39 is 18.9 Å². The van der Waals surface area contributed by atoms with Crippen LogP contribution in [0.4, 0.5) is 0 Å². The molecule has 1 atom stereocenters. The van der Waals surface area contributed by atoms with Crippen LogP contribution < -0.4 is 0 Å². The van der Waals surface area contributed by atoms with Crippen molar-refractivity contribution in [2.75, 3.05) is 13.2 Å². The molecule has 0 N–H and O–H groups in total. The molecule has 0 spiro atoms. The molecule has 0 aromatic heterocycles. The van der Waals surface area contributed by atoms with E-state index >= 15 is 0 Å². The second-order valence-electron chi connectivity index (χ2n) is 7.09. The minimum absolute atomic E-state index is 0.317. The van der Waals surface area contributed by atoms with Gasteiger partial charge in [0.05, 0.1) is 19.0 Å². The third-order valence-corrected chi connectivity index (χ3v) is 7.64. The van der Waals surface area contributed by atoms with Gasteiger partial charge in [-0.1, -0.05) is 60.7 Å². The molecule has 0 radical (unpaired) electrons. The van der Waals surface area contributed by atoms with Crippen molar-refractivity contribution < 1.29 is 18.3 Å². The molecule has 2 aromatic rings. The van der Waals surface area contributed by atoms with Gasteiger partial charge < -0.3 is 13.8 Å². The number of rotatable bonds is 7. The van der Waals surface area contributed by atoms with Crippen molar-refractivity contribution in [1.82, 2.24) is 0 Å². The molecule has 150 valence electrons. The number of hydrogen-bond donors (Lipinski definition) is 0. The van der Waals surface area contributed by atoms with E-state index in [1.54, 1.807) is 0 Å². The topological polar surface area (TPSA) is 44.8 Å². The summed E-state index contributed by atoms with van der Waals surface area (Å²) in [5.41, 5.74) is 1.55. The predicted molar refractivity (Wildman–Crippen MR) is 112 cm³/mol. The summed E-state index contributed by atoms with van der Waals surface area (Å²) in [5, 5.41) is 0. The summed E-state index contributed by atoms with van der Waals surface area (Å²) < 4.78 is 32.3. The maximum absolute atomic E-state index is 14.0. The zero-order valence-corrected chi connectivity index (χ0v) is 17.9. The Morgan fingerprint density at radius 1 is 0.964 bits per heavy atom. The van der Waals surface area contributed by atoms with Crippen molar-refractivity contribution in [2.24, 2.45) is 0 Å². The molecule has 28 heavy (non-hydrogen) atoms. The molecule has 0 saturated carbocycles. The lowest BCUT2D eigenvalue weighted by atomic mass is 9.83. The first-order valence-corrected chi connectivity index (χ1v) is 11.4. The van der Waals surface area contributed by atoms with Crippen molar-refractivity contribution >= 4 is 7.60 Å². The van der Waals surface area contributed by atoms with Crippen LogP contribution in [-0.4, -0.2) is 18.9 Å². The Kier molecular flexibility index (Phi) is 6.44. The van der Waals surface area contributed by atoms with E-state index in [9.17, 15) is 4.57 Å². The molecule has 0 aliphatic carbocycles. The van der Waals surface area contributed by atoms with Crippen molar-refractivity contribution in [3.8, 4) is 0 Å². The van der Waals surface area contributed by atoms with Gasteiger partial charge in [-0.15, -0.1) is 0 Å². The van der Waals surface area contributed by atoms with Gasteiger partial charge in [-0.2, -0.15) is 0 Å². The standard InChI is InChI=1S/C23H29O4P/c1-5-25-28(24,26-6-2)22-17-21(18(3)4)27-23(22,19-13-9-7-10-14-19)20-15-11-8-12-16-20/h7-16,22H,5-6,17H2,1-4H3. The first-order chi connectivity index (χ1) is 13.5. The van der Waals surface area contributed by atoms with Crippen LogP contribution in [0.25, 0.3) is 0 Å². The second-order valence-corrected chi connectivity index (χ2v) is 9.31. The molecule has 2 aromatic carbocycles. The van der Waals surface area contributed by atoms with Gasteiger partial charge in [0, 0.05) is 17.5 Å². The highest BCUT2D eigenvalue weighted by Crippen LogP contribution is 2.66. The van der Waals surface area contributed by atoms with Crippen LogP contribution in [0.2, 0.25) is 0 Å². The Hall–Kier alpha value is -1.87. The Bertz CT molecular complexity index is 807. The summed E-state index contributed by atoms with van der Waals surface area (Å²) in [6.07, 6.45) is 0.503. The average molecular weight is 400 g/mol. The van der Waals surface area contributed by atoms with Gasteiger partial charge in [-0.05, 0) is 33.3 Å². The molecule has 1 aliphatic rings. The summed E-state index contributed by atoms with van der Waals surface area (Å²) in [6, 6.07) is 20.0. The maximum atomic E-state index is 14.0. The first kappa shape index (κ1) is 20.9. The van der Waals surface area contributed by atoms with Crippen LogP contribution in [0, 0.1) is 0 Å². The van der Waals surface area contributed by atoms with Crippen molar-refractivity contribution in [3.63, 3.8) is 0 Å². The van der Waals surface area contributed by atoms with E-state index in [4.69, 9.17) is 13.8 Å². The quantitative estimate of drug-likeness (QED) is 0.513. The minimum atomic E-state index is -3.46.